The summed E-state index contributed by atoms with van der Waals surface area (Å²) in [7, 11) is 0.697. The van der Waals surface area contributed by atoms with Gasteiger partial charge in [0.25, 0.3) is 5.91 Å². The third-order valence-electron chi connectivity index (χ3n) is 9.77. The second-order valence-electron chi connectivity index (χ2n) is 13.7. The molecule has 0 spiro atoms. The van der Waals surface area contributed by atoms with Crippen LogP contribution in [0.5, 0.6) is 0 Å². The number of guanidine groups is 1. The maximum atomic E-state index is 13.9. The zero-order chi connectivity index (χ0) is 31.8. The lowest BCUT2D eigenvalue weighted by Crippen LogP contribution is -2.65. The van der Waals surface area contributed by atoms with Crippen molar-refractivity contribution < 1.29 is 23.8 Å². The van der Waals surface area contributed by atoms with Gasteiger partial charge in [-0.05, 0) is 80.4 Å². The van der Waals surface area contributed by atoms with Crippen LogP contribution >= 0.6 is 11.3 Å². The van der Waals surface area contributed by atoms with Gasteiger partial charge in [-0.3, -0.25) is 9.59 Å². The van der Waals surface area contributed by atoms with Crippen LogP contribution < -0.4 is 21.8 Å². The molecule has 2 amide bonds. The van der Waals surface area contributed by atoms with Gasteiger partial charge in [-0.2, -0.15) is 0 Å². The van der Waals surface area contributed by atoms with Gasteiger partial charge in [0, 0.05) is 12.1 Å². The van der Waals surface area contributed by atoms with Gasteiger partial charge in [0.2, 0.25) is 18.9 Å². The van der Waals surface area contributed by atoms with E-state index in [2.05, 4.69) is 60.7 Å². The molecule has 1 saturated heterocycles. The normalized spacial score (nSPS) is 26.9. The van der Waals surface area contributed by atoms with Crippen LogP contribution in [0.1, 0.15) is 77.1 Å². The van der Waals surface area contributed by atoms with Gasteiger partial charge in [-0.1, -0.05) is 33.1 Å². The van der Waals surface area contributed by atoms with E-state index in [4.69, 9.17) is 15.0 Å². The van der Waals surface area contributed by atoms with Crippen LogP contribution in [0, 0.1) is 28.1 Å². The summed E-state index contributed by atoms with van der Waals surface area (Å²) in [6, 6.07) is 4.45. The average molecular weight is 627 g/mol. The van der Waals surface area contributed by atoms with Crippen molar-refractivity contribution in [3.8, 4) is 0 Å². The fourth-order valence-corrected chi connectivity index (χ4v) is 8.01. The van der Waals surface area contributed by atoms with Gasteiger partial charge >= 0.3 is 7.12 Å². The summed E-state index contributed by atoms with van der Waals surface area (Å²) in [5.41, 5.74) is 10.9. The third-order valence-corrected chi connectivity index (χ3v) is 10.6. The molecule has 0 radical (unpaired) electrons. The molecule has 2 aromatic rings. The largest absolute Gasteiger partial charge is 0.481 e. The summed E-state index contributed by atoms with van der Waals surface area (Å²) in [6.07, 6.45) is 3.52. The number of nitrogens with one attached hydrogen (secondary N) is 3. The number of hydrogen-bond acceptors (Lipinski definition) is 8. The van der Waals surface area contributed by atoms with Crippen molar-refractivity contribution in [2.24, 2.45) is 33.9 Å². The van der Waals surface area contributed by atoms with Crippen LogP contribution in [0.4, 0.5) is 0 Å². The van der Waals surface area contributed by atoms with Gasteiger partial charge in [0.05, 0.1) is 38.3 Å². The number of rotatable bonds is 12. The van der Waals surface area contributed by atoms with E-state index < -0.39 is 18.8 Å². The van der Waals surface area contributed by atoms with Crippen LogP contribution in [-0.4, -0.2) is 72.0 Å². The molecule has 2 bridgehead atoms. The second-order valence-corrected chi connectivity index (χ2v) is 14.5. The molecule has 12 nitrogen and oxygen atoms in total. The zero-order valence-electron chi connectivity index (χ0n) is 26.5. The van der Waals surface area contributed by atoms with Crippen LogP contribution in [0.3, 0.4) is 0 Å². The quantitative estimate of drug-likeness (QED) is 0.0698. The molecule has 6 atom stereocenters. The molecular weight excluding hydrogens is 581 g/mol. The molecule has 6 rings (SSSR count). The minimum absolute atomic E-state index is 0.00177. The highest BCUT2D eigenvalue weighted by atomic mass is 32.1. The molecule has 1 aromatic carbocycles. The van der Waals surface area contributed by atoms with Crippen LogP contribution in [-0.2, 0) is 14.1 Å². The molecule has 3 saturated carbocycles. The molecule has 44 heavy (non-hydrogen) atoms. The Hall–Kier alpha value is -3.10. The van der Waals surface area contributed by atoms with Crippen molar-refractivity contribution in [2.45, 2.75) is 90.4 Å². The van der Waals surface area contributed by atoms with E-state index >= 15 is 0 Å². The predicted octanol–water partition coefficient (Wildman–Crippen LogP) is 3.20. The number of aromatic nitrogens is 1. The fourth-order valence-electron chi connectivity index (χ4n) is 7.30. The van der Waals surface area contributed by atoms with Crippen molar-refractivity contribution in [1.82, 2.24) is 21.0 Å². The number of fused-ring (bicyclic) bond motifs is 1. The van der Waals surface area contributed by atoms with Crippen molar-refractivity contribution in [3.63, 3.8) is 0 Å². The molecule has 1 aliphatic heterocycles. The monoisotopic (exact) mass is 626 g/mol. The summed E-state index contributed by atoms with van der Waals surface area (Å²) in [5.74, 6) is 0.233. The number of amides is 2. The molecule has 4 aliphatic rings. The molecule has 238 valence electrons. The Bertz CT molecular complexity index is 1430. The first kappa shape index (κ1) is 32.3. The highest BCUT2D eigenvalue weighted by molar-refractivity contribution is 7.16. The number of benzene rings is 1. The fraction of sp³-hybridized carbons (Fsp3) is 0.667. The van der Waals surface area contributed by atoms with E-state index in [9.17, 15) is 14.5 Å². The number of hydrogen-bond donors (Lipinski definition) is 4. The Balaban J connectivity index is 1.30. The molecule has 2 heterocycles. The van der Waals surface area contributed by atoms with Crippen LogP contribution in [0.2, 0.25) is 0 Å². The minimum atomic E-state index is -0.841. The van der Waals surface area contributed by atoms with E-state index in [1.165, 1.54) is 18.4 Å². The van der Waals surface area contributed by atoms with Crippen molar-refractivity contribution >= 4 is 46.4 Å². The van der Waals surface area contributed by atoms with Crippen molar-refractivity contribution in [2.75, 3.05) is 13.6 Å². The molecule has 4 fully saturated rings. The SMILES string of the molecule is CC(C)C[C@H](NC(=O)[C@H](CCCN=C(N)N[N+](C)=O)NC(=O)c1ccc2ncsc2c1)B1O[C@@H]2C[C@@H]3C[C@@H](C3(C)C)[C@]2(C)O1. The maximum Gasteiger partial charge on any atom is 0.481 e. The number of carbonyl (C=O) groups is 2. The average Bonchev–Trinajstić information content (AvgIpc) is 3.56. The van der Waals surface area contributed by atoms with E-state index in [1.807, 2.05) is 0 Å². The van der Waals surface area contributed by atoms with Crippen LogP contribution in [0.25, 0.3) is 10.2 Å². The van der Waals surface area contributed by atoms with Crippen molar-refractivity contribution in [1.29, 1.82) is 0 Å². The number of nitrogens with zero attached hydrogens (tertiary/aromatic N) is 3. The van der Waals surface area contributed by atoms with Gasteiger partial charge in [-0.15, -0.1) is 11.3 Å². The third kappa shape index (κ3) is 6.62. The highest BCUT2D eigenvalue weighted by Gasteiger charge is 2.68. The Morgan fingerprint density at radius 1 is 1.25 bits per heavy atom. The number of nitroso groups, excluding NO2 is 1. The maximum absolute atomic E-state index is 13.9. The molecular formula is C30H45BN7O5S+. The second kappa shape index (κ2) is 12.7. The summed E-state index contributed by atoms with van der Waals surface area (Å²) in [6.45, 7) is 11.3. The molecule has 1 aromatic heterocycles. The van der Waals surface area contributed by atoms with Crippen LogP contribution in [0.15, 0.2) is 28.7 Å². The smallest absolute Gasteiger partial charge is 0.404 e. The zero-order valence-corrected chi connectivity index (χ0v) is 27.3. The standard InChI is InChI=1S/C30H44BN7O5S/c1-17(2)12-25(31-42-24-15-19-14-23(29(19,3)4)30(24,5)43-31)36-27(40)21(8-7-11-33-28(32)37-38(6)41)35-26(39)18-9-10-20-22(13-18)44-16-34-20/h9-10,13,16-17,19,21,23-25H,7-8,11-12,14-15H2,1-6H3,(H4-,32,33,35,36,37,39,40,41)/p+1/t19-,21-,23-,24+,25-,30-/m0/s1. The molecule has 3 aliphatic carbocycles. The van der Waals surface area contributed by atoms with Crippen molar-refractivity contribution in [3.05, 3.63) is 34.2 Å². The Morgan fingerprint density at radius 2 is 2.02 bits per heavy atom. The van der Waals surface area contributed by atoms with E-state index in [1.54, 1.807) is 23.7 Å². The predicted molar refractivity (Wildman–Crippen MR) is 171 cm³/mol. The number of carbonyl (C=O) groups excluding carboxylic acids is 2. The Labute approximate surface area is 263 Å². The topological polar surface area (TPSA) is 160 Å². The molecule has 5 N–H and O–H groups in total. The number of nitrogens with two attached hydrogens (primary N) is 1. The van der Waals surface area contributed by atoms with Gasteiger partial charge in [0.1, 0.15) is 10.9 Å². The lowest BCUT2D eigenvalue weighted by molar-refractivity contribution is -0.562. The first-order chi connectivity index (χ1) is 20.8. The number of thiazole rings is 1. The summed E-state index contributed by atoms with van der Waals surface area (Å²) in [5, 5.41) is 6.13. The lowest BCUT2D eigenvalue weighted by atomic mass is 9.43. The number of hydrazine groups is 1. The van der Waals surface area contributed by atoms with Gasteiger partial charge < -0.3 is 25.7 Å². The molecule has 14 heteroatoms. The Morgan fingerprint density at radius 3 is 2.73 bits per heavy atom. The first-order valence-corrected chi connectivity index (χ1v) is 16.4. The first-order valence-electron chi connectivity index (χ1n) is 15.5. The minimum Gasteiger partial charge on any atom is -0.404 e. The number of aliphatic imine (C=N–C) groups is 1. The lowest BCUT2D eigenvalue weighted by Gasteiger charge is -2.64. The van der Waals surface area contributed by atoms with E-state index in [-0.39, 0.29) is 47.7 Å². The van der Waals surface area contributed by atoms with E-state index in [0.717, 1.165) is 23.1 Å². The summed E-state index contributed by atoms with van der Waals surface area (Å²) in [4.78, 5) is 47.3. The Kier molecular flexibility index (Phi) is 9.34. The molecule has 0 unspecified atom stereocenters. The summed E-state index contributed by atoms with van der Waals surface area (Å²) >= 11 is 1.45. The van der Waals surface area contributed by atoms with Gasteiger partial charge in [-0.25, -0.2) is 9.98 Å². The highest BCUT2D eigenvalue weighted by Crippen LogP contribution is 2.65. The summed E-state index contributed by atoms with van der Waals surface area (Å²) < 4.78 is 14.2. The van der Waals surface area contributed by atoms with Gasteiger partial charge in [0.15, 0.2) is 0 Å². The van der Waals surface area contributed by atoms with E-state index in [0.29, 0.717) is 41.5 Å².